The van der Waals surface area contributed by atoms with Gasteiger partial charge >= 0.3 is 0 Å². The van der Waals surface area contributed by atoms with Crippen LogP contribution in [0.15, 0.2) is 12.1 Å². The van der Waals surface area contributed by atoms with Gasteiger partial charge in [-0.2, -0.15) is 0 Å². The van der Waals surface area contributed by atoms with Crippen molar-refractivity contribution in [3.05, 3.63) is 29.3 Å². The zero-order chi connectivity index (χ0) is 18.7. The minimum Gasteiger partial charge on any atom is -0.354 e. The first-order valence-corrected chi connectivity index (χ1v) is 9.22. The molecule has 1 aromatic carbocycles. The summed E-state index contributed by atoms with van der Waals surface area (Å²) in [6, 6.07) is 2.59. The van der Waals surface area contributed by atoms with Gasteiger partial charge in [-0.25, -0.2) is 8.78 Å². The Labute approximate surface area is 152 Å². The second kappa shape index (κ2) is 8.12. The van der Waals surface area contributed by atoms with Crippen molar-refractivity contribution in [2.75, 3.05) is 31.1 Å². The molecule has 1 fully saturated rings. The summed E-state index contributed by atoms with van der Waals surface area (Å²) in [5, 5.41) is 2.95. The van der Waals surface area contributed by atoms with E-state index < -0.39 is 11.6 Å². The molecule has 2 aliphatic rings. The lowest BCUT2D eigenvalue weighted by molar-refractivity contribution is -0.120. The molecule has 0 atom stereocenters. The third-order valence-corrected chi connectivity index (χ3v) is 5.17. The van der Waals surface area contributed by atoms with Crippen LogP contribution >= 0.6 is 0 Å². The van der Waals surface area contributed by atoms with E-state index in [0.717, 1.165) is 45.0 Å². The Morgan fingerprint density at radius 1 is 1.15 bits per heavy atom. The highest BCUT2D eigenvalue weighted by atomic mass is 19.2. The standard InChI is InChI=1S/C19H25F2N3O2/c1-13(25)22-15-5-9-23(10-6-15)7-2-8-24-18-12-17(21)16(20)11-14(18)3-4-19(24)26/h11-12,15H,2-10H2,1H3,(H,22,25). The Bertz CT molecular complexity index is 688. The third kappa shape index (κ3) is 4.38. The molecular weight excluding hydrogens is 340 g/mol. The number of likely N-dealkylation sites (tertiary alicyclic amines) is 1. The van der Waals surface area contributed by atoms with E-state index >= 15 is 0 Å². The van der Waals surface area contributed by atoms with Crippen LogP contribution in [-0.4, -0.2) is 48.9 Å². The van der Waals surface area contributed by atoms with Crippen molar-refractivity contribution in [1.29, 1.82) is 0 Å². The van der Waals surface area contributed by atoms with Crippen LogP contribution in [0.1, 0.15) is 38.2 Å². The number of halogens is 2. The molecule has 5 nitrogen and oxygen atoms in total. The maximum Gasteiger partial charge on any atom is 0.227 e. The van der Waals surface area contributed by atoms with E-state index in [-0.39, 0.29) is 17.9 Å². The molecule has 0 aromatic heterocycles. The number of nitrogens with one attached hydrogen (secondary N) is 1. The number of anilines is 1. The quantitative estimate of drug-likeness (QED) is 0.871. The van der Waals surface area contributed by atoms with Crippen LogP contribution in [0.4, 0.5) is 14.5 Å². The van der Waals surface area contributed by atoms with Crippen LogP contribution in [-0.2, 0) is 16.0 Å². The lowest BCUT2D eigenvalue weighted by Crippen LogP contribution is -2.45. The molecule has 1 N–H and O–H groups in total. The van der Waals surface area contributed by atoms with Gasteiger partial charge in [-0.15, -0.1) is 0 Å². The number of nitrogens with zero attached hydrogens (tertiary/aromatic N) is 2. The first-order chi connectivity index (χ1) is 12.4. The molecule has 26 heavy (non-hydrogen) atoms. The SMILES string of the molecule is CC(=O)NC1CCN(CCCN2C(=O)CCc3cc(F)c(F)cc32)CC1. The van der Waals surface area contributed by atoms with Crippen molar-refractivity contribution in [2.45, 2.75) is 45.1 Å². The van der Waals surface area contributed by atoms with Crippen molar-refractivity contribution in [3.63, 3.8) is 0 Å². The van der Waals surface area contributed by atoms with Crippen LogP contribution < -0.4 is 10.2 Å². The highest BCUT2D eigenvalue weighted by Gasteiger charge is 2.26. The Balaban J connectivity index is 1.52. The fourth-order valence-electron chi connectivity index (χ4n) is 3.83. The number of hydrogen-bond acceptors (Lipinski definition) is 3. The van der Waals surface area contributed by atoms with Gasteiger partial charge in [0.15, 0.2) is 11.6 Å². The Morgan fingerprint density at radius 2 is 1.85 bits per heavy atom. The highest BCUT2D eigenvalue weighted by Crippen LogP contribution is 2.30. The molecular formula is C19H25F2N3O2. The van der Waals surface area contributed by atoms with Crippen molar-refractivity contribution in [2.24, 2.45) is 0 Å². The van der Waals surface area contributed by atoms with Gasteiger partial charge in [0.2, 0.25) is 11.8 Å². The normalized spacial score (nSPS) is 18.7. The average Bonchev–Trinajstić information content (AvgIpc) is 2.59. The highest BCUT2D eigenvalue weighted by molar-refractivity contribution is 5.96. The van der Waals surface area contributed by atoms with Crippen molar-refractivity contribution in [3.8, 4) is 0 Å². The van der Waals surface area contributed by atoms with Crippen LogP contribution in [0.5, 0.6) is 0 Å². The van der Waals surface area contributed by atoms with Gasteiger partial charge in [0.25, 0.3) is 0 Å². The van der Waals surface area contributed by atoms with Crippen LogP contribution in [0.25, 0.3) is 0 Å². The number of aryl methyl sites for hydroxylation is 1. The predicted molar refractivity (Wildman–Crippen MR) is 94.9 cm³/mol. The molecule has 0 aliphatic carbocycles. The number of benzene rings is 1. The predicted octanol–water partition coefficient (Wildman–Crippen LogP) is 2.23. The Hall–Kier alpha value is -2.02. The van der Waals surface area contributed by atoms with Gasteiger partial charge in [-0.05, 0) is 43.9 Å². The molecule has 2 amide bonds. The molecule has 0 spiro atoms. The van der Waals surface area contributed by atoms with Crippen molar-refractivity contribution < 1.29 is 18.4 Å². The van der Waals surface area contributed by atoms with E-state index in [1.807, 2.05) is 0 Å². The fraction of sp³-hybridized carbons (Fsp3) is 0.579. The van der Waals surface area contributed by atoms with E-state index in [4.69, 9.17) is 0 Å². The smallest absolute Gasteiger partial charge is 0.227 e. The van der Waals surface area contributed by atoms with Gasteiger partial charge in [0, 0.05) is 50.8 Å². The number of hydrogen-bond donors (Lipinski definition) is 1. The van der Waals surface area contributed by atoms with E-state index in [9.17, 15) is 18.4 Å². The number of rotatable bonds is 5. The van der Waals surface area contributed by atoms with Crippen LogP contribution in [0.2, 0.25) is 0 Å². The molecule has 0 bridgehead atoms. The summed E-state index contributed by atoms with van der Waals surface area (Å²) in [4.78, 5) is 27.2. The molecule has 1 saturated heterocycles. The molecule has 2 aliphatic heterocycles. The van der Waals surface area contributed by atoms with E-state index in [1.165, 1.54) is 13.0 Å². The summed E-state index contributed by atoms with van der Waals surface area (Å²) in [6.45, 7) is 4.71. The topological polar surface area (TPSA) is 52.7 Å². The second-order valence-electron chi connectivity index (χ2n) is 7.11. The summed E-state index contributed by atoms with van der Waals surface area (Å²) < 4.78 is 27.0. The molecule has 142 valence electrons. The molecule has 2 heterocycles. The van der Waals surface area contributed by atoms with Crippen molar-refractivity contribution in [1.82, 2.24) is 10.2 Å². The lowest BCUT2D eigenvalue weighted by Gasteiger charge is -2.33. The van der Waals surface area contributed by atoms with Gasteiger partial charge in [-0.1, -0.05) is 0 Å². The molecule has 3 rings (SSSR count). The first kappa shape index (κ1) is 18.8. The summed E-state index contributed by atoms with van der Waals surface area (Å²) >= 11 is 0. The van der Waals surface area contributed by atoms with Gasteiger partial charge in [0.1, 0.15) is 0 Å². The minimum absolute atomic E-state index is 0.00870. The Kier molecular flexibility index (Phi) is 5.86. The fourth-order valence-corrected chi connectivity index (χ4v) is 3.83. The largest absolute Gasteiger partial charge is 0.354 e. The summed E-state index contributed by atoms with van der Waals surface area (Å²) in [5.41, 5.74) is 1.20. The van der Waals surface area contributed by atoms with Crippen LogP contribution in [0, 0.1) is 11.6 Å². The molecule has 7 heteroatoms. The maximum atomic E-state index is 13.6. The zero-order valence-electron chi connectivity index (χ0n) is 15.1. The Morgan fingerprint density at radius 3 is 2.54 bits per heavy atom. The van der Waals surface area contributed by atoms with Crippen LogP contribution in [0.3, 0.4) is 0 Å². The van der Waals surface area contributed by atoms with E-state index in [1.54, 1.807) is 4.90 Å². The maximum absolute atomic E-state index is 13.6. The number of carbonyl (C=O) groups excluding carboxylic acids is 2. The van der Waals surface area contributed by atoms with Gasteiger partial charge in [-0.3, -0.25) is 9.59 Å². The lowest BCUT2D eigenvalue weighted by atomic mass is 10.0. The summed E-state index contributed by atoms with van der Waals surface area (Å²) in [5.74, 6) is -1.80. The molecule has 0 unspecified atom stereocenters. The van der Waals surface area contributed by atoms with E-state index in [2.05, 4.69) is 10.2 Å². The summed E-state index contributed by atoms with van der Waals surface area (Å²) in [6.07, 6.45) is 3.42. The summed E-state index contributed by atoms with van der Waals surface area (Å²) in [7, 11) is 0. The third-order valence-electron chi connectivity index (χ3n) is 5.17. The average molecular weight is 365 g/mol. The molecule has 0 saturated carbocycles. The second-order valence-corrected chi connectivity index (χ2v) is 7.11. The number of fused-ring (bicyclic) bond motifs is 1. The first-order valence-electron chi connectivity index (χ1n) is 9.22. The van der Waals surface area contributed by atoms with Gasteiger partial charge < -0.3 is 15.1 Å². The number of piperidine rings is 1. The minimum atomic E-state index is -0.913. The number of amides is 2. The zero-order valence-corrected chi connectivity index (χ0v) is 15.1. The van der Waals surface area contributed by atoms with Crippen molar-refractivity contribution >= 4 is 17.5 Å². The van der Waals surface area contributed by atoms with E-state index in [0.29, 0.717) is 30.6 Å². The molecule has 0 radical (unpaired) electrons. The number of carbonyl (C=O) groups is 2. The molecule has 1 aromatic rings. The van der Waals surface area contributed by atoms with Gasteiger partial charge in [0.05, 0.1) is 0 Å². The monoisotopic (exact) mass is 365 g/mol.